The van der Waals surface area contributed by atoms with Crippen LogP contribution in [0.15, 0.2) is 33.9 Å². The quantitative estimate of drug-likeness (QED) is 0.452. The van der Waals surface area contributed by atoms with Gasteiger partial charge < -0.3 is 5.21 Å². The molecule has 1 rings (SSSR count). The first-order valence-corrected chi connectivity index (χ1v) is 3.96. The molecule has 0 fully saturated rings. The third-order valence-corrected chi connectivity index (χ3v) is 2.03. The van der Waals surface area contributed by atoms with Gasteiger partial charge in [-0.15, -0.1) is 0 Å². The summed E-state index contributed by atoms with van der Waals surface area (Å²) in [6, 6.07) is 8.84. The maximum atomic E-state index is 8.54. The summed E-state index contributed by atoms with van der Waals surface area (Å²) in [5.41, 5.74) is 0.588. The molecule has 0 heterocycles. The van der Waals surface area contributed by atoms with Crippen molar-refractivity contribution in [2.24, 2.45) is 5.16 Å². The van der Waals surface area contributed by atoms with Crippen molar-refractivity contribution in [3.05, 3.63) is 34.3 Å². The number of rotatable bonds is 1. The molecule has 0 spiro atoms. The highest BCUT2D eigenvalue weighted by molar-refractivity contribution is 9.10. The number of oxime groups is 1. The van der Waals surface area contributed by atoms with E-state index in [1.807, 2.05) is 6.07 Å². The molecule has 0 unspecified atom stereocenters. The molecule has 0 aliphatic carbocycles. The fourth-order valence-electron chi connectivity index (χ4n) is 0.790. The van der Waals surface area contributed by atoms with Crippen molar-refractivity contribution >= 4 is 21.6 Å². The second-order valence-electron chi connectivity index (χ2n) is 2.04. The third-order valence-electron chi connectivity index (χ3n) is 1.33. The normalized spacial score (nSPS) is 10.8. The number of nitrogens with zero attached hydrogens (tertiary/aromatic N) is 2. The van der Waals surface area contributed by atoms with Gasteiger partial charge in [-0.1, -0.05) is 39.3 Å². The molecule has 0 radical (unpaired) electrons. The van der Waals surface area contributed by atoms with E-state index in [1.165, 1.54) is 0 Å². The molecule has 0 atom stereocenters. The first-order valence-electron chi connectivity index (χ1n) is 3.16. The van der Waals surface area contributed by atoms with E-state index >= 15 is 0 Å². The molecule has 0 aromatic heterocycles. The van der Waals surface area contributed by atoms with Crippen LogP contribution in [-0.2, 0) is 0 Å². The van der Waals surface area contributed by atoms with Crippen molar-refractivity contribution in [2.45, 2.75) is 0 Å². The van der Waals surface area contributed by atoms with E-state index in [1.54, 1.807) is 24.3 Å². The lowest BCUT2D eigenvalue weighted by Crippen LogP contribution is -1.97. The smallest absolute Gasteiger partial charge is 0.187 e. The molecular weight excluding hydrogens is 220 g/mol. The largest absolute Gasteiger partial charge is 0.410 e. The summed E-state index contributed by atoms with van der Waals surface area (Å²) >= 11 is 3.24. The van der Waals surface area contributed by atoms with Crippen LogP contribution in [0.3, 0.4) is 0 Å². The lowest BCUT2D eigenvalue weighted by atomic mass is 10.1. The van der Waals surface area contributed by atoms with Gasteiger partial charge in [-0.3, -0.25) is 0 Å². The summed E-state index contributed by atoms with van der Waals surface area (Å²) in [5.74, 6) is 0. The van der Waals surface area contributed by atoms with E-state index in [9.17, 15) is 0 Å². The summed E-state index contributed by atoms with van der Waals surface area (Å²) in [6.07, 6.45) is 0. The topological polar surface area (TPSA) is 56.4 Å². The number of benzene rings is 1. The van der Waals surface area contributed by atoms with Crippen LogP contribution >= 0.6 is 15.9 Å². The zero-order valence-corrected chi connectivity index (χ0v) is 7.62. The van der Waals surface area contributed by atoms with E-state index in [4.69, 9.17) is 10.5 Å². The maximum Gasteiger partial charge on any atom is 0.187 e. The minimum absolute atomic E-state index is 0.00229. The Bertz CT molecular complexity index is 354. The van der Waals surface area contributed by atoms with Crippen molar-refractivity contribution in [3.63, 3.8) is 0 Å². The first-order chi connectivity index (χ1) is 5.79. The molecule has 0 amide bonds. The monoisotopic (exact) mass is 224 g/mol. The average molecular weight is 225 g/mol. The van der Waals surface area contributed by atoms with Crippen LogP contribution in [0, 0.1) is 11.3 Å². The fraction of sp³-hybridized carbons (Fsp3) is 0. The van der Waals surface area contributed by atoms with E-state index in [-0.39, 0.29) is 5.71 Å². The Balaban J connectivity index is 3.21. The third kappa shape index (κ3) is 1.63. The van der Waals surface area contributed by atoms with E-state index in [0.717, 1.165) is 4.47 Å². The first kappa shape index (κ1) is 8.75. The van der Waals surface area contributed by atoms with Gasteiger partial charge in [0.2, 0.25) is 0 Å². The van der Waals surface area contributed by atoms with Gasteiger partial charge in [0.05, 0.1) is 0 Å². The molecule has 0 aliphatic heterocycles. The molecule has 0 aliphatic rings. The van der Waals surface area contributed by atoms with Crippen LogP contribution in [0.1, 0.15) is 5.56 Å². The van der Waals surface area contributed by atoms with Crippen LogP contribution < -0.4 is 0 Å². The molecule has 3 nitrogen and oxygen atoms in total. The Morgan fingerprint density at radius 3 is 2.67 bits per heavy atom. The van der Waals surface area contributed by atoms with Crippen molar-refractivity contribution < 1.29 is 5.21 Å². The number of hydrogen-bond donors (Lipinski definition) is 1. The van der Waals surface area contributed by atoms with Gasteiger partial charge in [0.15, 0.2) is 5.71 Å². The number of hydrogen-bond acceptors (Lipinski definition) is 3. The molecule has 1 N–H and O–H groups in total. The fourth-order valence-corrected chi connectivity index (χ4v) is 1.26. The summed E-state index contributed by atoms with van der Waals surface area (Å²) in [6.45, 7) is 0. The minimum Gasteiger partial charge on any atom is -0.410 e. The van der Waals surface area contributed by atoms with Crippen molar-refractivity contribution in [1.29, 1.82) is 5.26 Å². The van der Waals surface area contributed by atoms with E-state index in [0.29, 0.717) is 5.56 Å². The Hall–Kier alpha value is -1.34. The van der Waals surface area contributed by atoms with E-state index < -0.39 is 0 Å². The molecule has 12 heavy (non-hydrogen) atoms. The van der Waals surface area contributed by atoms with Gasteiger partial charge in [0.25, 0.3) is 0 Å². The minimum atomic E-state index is 0.00229. The van der Waals surface area contributed by atoms with E-state index in [2.05, 4.69) is 21.1 Å². The van der Waals surface area contributed by atoms with Crippen LogP contribution in [0.5, 0.6) is 0 Å². The molecule has 0 saturated carbocycles. The van der Waals surface area contributed by atoms with Gasteiger partial charge >= 0.3 is 0 Å². The Kier molecular flexibility index (Phi) is 2.83. The second-order valence-corrected chi connectivity index (χ2v) is 2.89. The van der Waals surface area contributed by atoms with Crippen LogP contribution in [-0.4, -0.2) is 10.9 Å². The van der Waals surface area contributed by atoms with Gasteiger partial charge in [-0.2, -0.15) is 5.26 Å². The standard InChI is InChI=1S/C8H5BrN2O/c9-7-4-2-1-3-6(7)8(5-10)11-12/h1-4,12H/b11-8+. The van der Waals surface area contributed by atoms with Crippen LogP contribution in [0.25, 0.3) is 0 Å². The van der Waals surface area contributed by atoms with Crippen LogP contribution in [0.2, 0.25) is 0 Å². The summed E-state index contributed by atoms with van der Waals surface area (Å²) in [7, 11) is 0. The molecule has 60 valence electrons. The summed E-state index contributed by atoms with van der Waals surface area (Å²) in [5, 5.41) is 19.9. The highest BCUT2D eigenvalue weighted by Crippen LogP contribution is 2.16. The summed E-state index contributed by atoms with van der Waals surface area (Å²) in [4.78, 5) is 0. The average Bonchev–Trinajstić information content (AvgIpc) is 2.10. The highest BCUT2D eigenvalue weighted by Gasteiger charge is 2.05. The Morgan fingerprint density at radius 1 is 1.50 bits per heavy atom. The lowest BCUT2D eigenvalue weighted by molar-refractivity contribution is 0.320. The number of nitriles is 1. The predicted molar refractivity (Wildman–Crippen MR) is 48.1 cm³/mol. The van der Waals surface area contributed by atoms with Gasteiger partial charge in [0, 0.05) is 10.0 Å². The summed E-state index contributed by atoms with van der Waals surface area (Å²) < 4.78 is 0.736. The Morgan fingerprint density at radius 2 is 2.17 bits per heavy atom. The predicted octanol–water partition coefficient (Wildman–Crippen LogP) is 2.15. The maximum absolute atomic E-state index is 8.54. The van der Waals surface area contributed by atoms with Gasteiger partial charge in [-0.05, 0) is 6.07 Å². The zero-order chi connectivity index (χ0) is 8.97. The van der Waals surface area contributed by atoms with Crippen molar-refractivity contribution in [2.75, 3.05) is 0 Å². The van der Waals surface area contributed by atoms with Crippen LogP contribution in [0.4, 0.5) is 0 Å². The lowest BCUT2D eigenvalue weighted by Gasteiger charge is -1.97. The molecule has 1 aromatic rings. The molecule has 0 bridgehead atoms. The van der Waals surface area contributed by atoms with Gasteiger partial charge in [-0.25, -0.2) is 0 Å². The number of halogens is 1. The molecule has 4 heteroatoms. The highest BCUT2D eigenvalue weighted by atomic mass is 79.9. The van der Waals surface area contributed by atoms with Crippen molar-refractivity contribution in [1.82, 2.24) is 0 Å². The second kappa shape index (κ2) is 3.88. The molecule has 0 saturated heterocycles. The Labute approximate surface area is 78.1 Å². The molecule has 1 aromatic carbocycles. The van der Waals surface area contributed by atoms with Gasteiger partial charge in [0.1, 0.15) is 6.07 Å². The SMILES string of the molecule is N#C/C(=N\O)c1ccccc1Br. The van der Waals surface area contributed by atoms with Crippen molar-refractivity contribution in [3.8, 4) is 6.07 Å². The molecular formula is C8H5BrN2O. The zero-order valence-electron chi connectivity index (χ0n) is 6.03.